The number of nitrogens with zero attached hydrogens (tertiary/aromatic N) is 2. The predicted molar refractivity (Wildman–Crippen MR) is 80.5 cm³/mol. The van der Waals surface area contributed by atoms with Crippen LogP contribution >= 0.6 is 0 Å². The summed E-state index contributed by atoms with van der Waals surface area (Å²) in [6, 6.07) is 12.6. The van der Waals surface area contributed by atoms with Gasteiger partial charge in [0, 0.05) is 13.5 Å². The Balaban J connectivity index is 1.90. The number of imidazole rings is 1. The van der Waals surface area contributed by atoms with Crippen LogP contribution in [-0.2, 0) is 13.5 Å². The summed E-state index contributed by atoms with van der Waals surface area (Å²) >= 11 is 0. The summed E-state index contributed by atoms with van der Waals surface area (Å²) in [6.07, 6.45) is -0.296. The third kappa shape index (κ3) is 2.54. The van der Waals surface area contributed by atoms with Crippen molar-refractivity contribution in [3.05, 3.63) is 65.2 Å². The van der Waals surface area contributed by atoms with E-state index in [0.717, 1.165) is 16.9 Å². The van der Waals surface area contributed by atoms with Gasteiger partial charge in [0.15, 0.2) is 0 Å². The molecule has 1 aromatic heterocycles. The minimum absolute atomic E-state index is 0.256. The first-order valence-corrected chi connectivity index (χ1v) is 6.90. The molecule has 2 aromatic carbocycles. The Labute approximate surface area is 122 Å². The number of aliphatic hydroxyl groups excluding tert-OH is 1. The van der Waals surface area contributed by atoms with E-state index >= 15 is 0 Å². The Morgan fingerprint density at radius 3 is 2.71 bits per heavy atom. The van der Waals surface area contributed by atoms with E-state index in [-0.39, 0.29) is 5.82 Å². The number of hydrogen-bond donors (Lipinski definition) is 1. The molecule has 0 aliphatic carbocycles. The summed E-state index contributed by atoms with van der Waals surface area (Å²) in [7, 11) is 1.94. The molecule has 0 amide bonds. The maximum absolute atomic E-state index is 13.3. The van der Waals surface area contributed by atoms with Crippen molar-refractivity contribution in [1.29, 1.82) is 0 Å². The van der Waals surface area contributed by atoms with Gasteiger partial charge in [-0.1, -0.05) is 24.3 Å². The van der Waals surface area contributed by atoms with Crippen molar-refractivity contribution in [3.8, 4) is 0 Å². The number of benzene rings is 2. The van der Waals surface area contributed by atoms with Gasteiger partial charge < -0.3 is 9.67 Å². The van der Waals surface area contributed by atoms with E-state index in [9.17, 15) is 9.50 Å². The first kappa shape index (κ1) is 13.8. The van der Waals surface area contributed by atoms with E-state index in [1.807, 2.05) is 35.9 Å². The number of fused-ring (bicyclic) bond motifs is 1. The zero-order chi connectivity index (χ0) is 15.0. The van der Waals surface area contributed by atoms with Crippen molar-refractivity contribution in [3.63, 3.8) is 0 Å². The van der Waals surface area contributed by atoms with Crippen molar-refractivity contribution in [1.82, 2.24) is 9.55 Å². The van der Waals surface area contributed by atoms with Gasteiger partial charge in [0.25, 0.3) is 0 Å². The van der Waals surface area contributed by atoms with Crippen LogP contribution in [0.15, 0.2) is 42.5 Å². The first-order chi connectivity index (χ1) is 10.1. The largest absolute Gasteiger partial charge is 0.388 e. The van der Waals surface area contributed by atoms with E-state index in [2.05, 4.69) is 4.98 Å². The molecular weight excluding hydrogens is 267 g/mol. The highest BCUT2D eigenvalue weighted by molar-refractivity contribution is 5.75. The van der Waals surface area contributed by atoms with Crippen molar-refractivity contribution >= 4 is 11.0 Å². The van der Waals surface area contributed by atoms with Crippen LogP contribution in [0.25, 0.3) is 11.0 Å². The lowest BCUT2D eigenvalue weighted by molar-refractivity contribution is 0.175. The highest BCUT2D eigenvalue weighted by atomic mass is 19.1. The number of aryl methyl sites for hydroxylation is 2. The molecule has 0 saturated heterocycles. The van der Waals surface area contributed by atoms with E-state index in [1.165, 1.54) is 6.07 Å². The van der Waals surface area contributed by atoms with Crippen LogP contribution in [0.4, 0.5) is 4.39 Å². The normalized spacial score (nSPS) is 12.8. The SMILES string of the molecule is Cc1cc(C(O)Cc2nc3ccccc3n2C)ccc1F. The average Bonchev–Trinajstić information content (AvgIpc) is 2.79. The summed E-state index contributed by atoms with van der Waals surface area (Å²) in [5.41, 5.74) is 3.20. The summed E-state index contributed by atoms with van der Waals surface area (Å²) in [6.45, 7) is 1.70. The highest BCUT2D eigenvalue weighted by Crippen LogP contribution is 2.22. The molecule has 3 aromatic rings. The maximum Gasteiger partial charge on any atom is 0.126 e. The van der Waals surface area contributed by atoms with Gasteiger partial charge in [-0.05, 0) is 36.2 Å². The minimum Gasteiger partial charge on any atom is -0.388 e. The van der Waals surface area contributed by atoms with E-state index in [0.29, 0.717) is 17.5 Å². The zero-order valence-corrected chi connectivity index (χ0v) is 12.0. The second-order valence-corrected chi connectivity index (χ2v) is 5.30. The van der Waals surface area contributed by atoms with Gasteiger partial charge in [0.1, 0.15) is 11.6 Å². The summed E-state index contributed by atoms with van der Waals surface area (Å²) in [5, 5.41) is 10.4. The van der Waals surface area contributed by atoms with Crippen LogP contribution in [0, 0.1) is 12.7 Å². The molecule has 0 aliphatic heterocycles. The molecule has 1 atom stereocenters. The maximum atomic E-state index is 13.3. The Kier molecular flexibility index (Phi) is 3.47. The zero-order valence-electron chi connectivity index (χ0n) is 12.0. The van der Waals surface area contributed by atoms with Crippen molar-refractivity contribution < 1.29 is 9.50 Å². The van der Waals surface area contributed by atoms with Crippen LogP contribution < -0.4 is 0 Å². The molecule has 1 unspecified atom stereocenters. The molecule has 1 N–H and O–H groups in total. The molecule has 108 valence electrons. The second kappa shape index (κ2) is 5.30. The number of aliphatic hydroxyl groups is 1. The molecule has 1 heterocycles. The number of para-hydroxylation sites is 2. The predicted octanol–water partition coefficient (Wildman–Crippen LogP) is 3.30. The van der Waals surface area contributed by atoms with Gasteiger partial charge in [-0.15, -0.1) is 0 Å². The third-order valence-corrected chi connectivity index (χ3v) is 3.82. The molecule has 3 rings (SSSR count). The molecule has 0 bridgehead atoms. The summed E-state index contributed by atoms with van der Waals surface area (Å²) in [4.78, 5) is 4.55. The van der Waals surface area contributed by atoms with Gasteiger partial charge in [-0.2, -0.15) is 0 Å². The molecule has 4 heteroatoms. The fraction of sp³-hybridized carbons (Fsp3) is 0.235. The monoisotopic (exact) mass is 284 g/mol. The van der Waals surface area contributed by atoms with Crippen molar-refractivity contribution in [2.24, 2.45) is 7.05 Å². The second-order valence-electron chi connectivity index (χ2n) is 5.30. The van der Waals surface area contributed by atoms with E-state index in [1.54, 1.807) is 19.1 Å². The molecule has 0 aliphatic rings. The van der Waals surface area contributed by atoms with E-state index in [4.69, 9.17) is 0 Å². The van der Waals surface area contributed by atoms with Crippen LogP contribution in [0.2, 0.25) is 0 Å². The smallest absolute Gasteiger partial charge is 0.126 e. The van der Waals surface area contributed by atoms with E-state index < -0.39 is 6.10 Å². The molecule has 0 radical (unpaired) electrons. The Bertz CT molecular complexity index is 795. The number of aromatic nitrogens is 2. The van der Waals surface area contributed by atoms with Crippen LogP contribution in [0.1, 0.15) is 23.1 Å². The van der Waals surface area contributed by atoms with Crippen LogP contribution in [0.5, 0.6) is 0 Å². The summed E-state index contributed by atoms with van der Waals surface area (Å²) < 4.78 is 15.3. The third-order valence-electron chi connectivity index (χ3n) is 3.82. The van der Waals surface area contributed by atoms with Gasteiger partial charge in [0.05, 0.1) is 17.1 Å². The summed E-state index contributed by atoms with van der Waals surface area (Å²) in [5.74, 6) is 0.555. The van der Waals surface area contributed by atoms with Crippen molar-refractivity contribution in [2.75, 3.05) is 0 Å². The van der Waals surface area contributed by atoms with Gasteiger partial charge in [0.2, 0.25) is 0 Å². The van der Waals surface area contributed by atoms with Gasteiger partial charge in [-0.3, -0.25) is 0 Å². The molecule has 0 spiro atoms. The molecule has 3 nitrogen and oxygen atoms in total. The molecule has 0 saturated carbocycles. The highest BCUT2D eigenvalue weighted by Gasteiger charge is 2.15. The fourth-order valence-electron chi connectivity index (χ4n) is 2.54. The topological polar surface area (TPSA) is 38.1 Å². The Morgan fingerprint density at radius 2 is 2.00 bits per heavy atom. The van der Waals surface area contributed by atoms with Gasteiger partial charge in [-0.25, -0.2) is 9.37 Å². The van der Waals surface area contributed by atoms with Crippen molar-refractivity contribution in [2.45, 2.75) is 19.4 Å². The lowest BCUT2D eigenvalue weighted by Crippen LogP contribution is -2.07. The first-order valence-electron chi connectivity index (χ1n) is 6.90. The van der Waals surface area contributed by atoms with Crippen LogP contribution in [0.3, 0.4) is 0 Å². The average molecular weight is 284 g/mol. The molecule has 0 fully saturated rings. The number of rotatable bonds is 3. The minimum atomic E-state index is -0.695. The number of halogens is 1. The lowest BCUT2D eigenvalue weighted by Gasteiger charge is -2.12. The molecule has 21 heavy (non-hydrogen) atoms. The quantitative estimate of drug-likeness (QED) is 0.801. The van der Waals surface area contributed by atoms with Crippen LogP contribution in [-0.4, -0.2) is 14.7 Å². The number of hydrogen-bond acceptors (Lipinski definition) is 2. The van der Waals surface area contributed by atoms with Gasteiger partial charge >= 0.3 is 0 Å². The Hall–Kier alpha value is -2.20. The lowest BCUT2D eigenvalue weighted by atomic mass is 10.0. The fourth-order valence-corrected chi connectivity index (χ4v) is 2.54. The Morgan fingerprint density at radius 1 is 1.24 bits per heavy atom. The standard InChI is InChI=1S/C17H17FN2O/c1-11-9-12(7-8-13(11)18)16(21)10-17-19-14-5-3-4-6-15(14)20(17)2/h3-9,16,21H,10H2,1-2H3. The molecular formula is C17H17FN2O.